The second kappa shape index (κ2) is 8.67. The molecule has 6 nitrogen and oxygen atoms in total. The Kier molecular flexibility index (Phi) is 6.31. The first kappa shape index (κ1) is 17.5. The number of benzene rings is 1. The van der Waals surface area contributed by atoms with Gasteiger partial charge in [0.25, 0.3) is 5.91 Å². The lowest BCUT2D eigenvalue weighted by Crippen LogP contribution is -2.36. The van der Waals surface area contributed by atoms with Crippen LogP contribution in [0, 0.1) is 0 Å². The van der Waals surface area contributed by atoms with Gasteiger partial charge in [-0.25, -0.2) is 0 Å². The van der Waals surface area contributed by atoms with E-state index in [9.17, 15) is 9.59 Å². The van der Waals surface area contributed by atoms with Crippen molar-refractivity contribution >= 4 is 11.9 Å². The van der Waals surface area contributed by atoms with Crippen LogP contribution in [0.4, 0.5) is 0 Å². The summed E-state index contributed by atoms with van der Waals surface area (Å²) in [6.45, 7) is 2.33. The van der Waals surface area contributed by atoms with Crippen LogP contribution < -0.4 is 4.74 Å². The van der Waals surface area contributed by atoms with Gasteiger partial charge in [-0.1, -0.05) is 19.1 Å². The Labute approximate surface area is 140 Å². The topological polar surface area (TPSA) is 79.7 Å². The summed E-state index contributed by atoms with van der Waals surface area (Å²) in [4.78, 5) is 28.8. The summed E-state index contributed by atoms with van der Waals surface area (Å²) in [6, 6.07) is 10.5. The molecule has 0 bridgehead atoms. The molecule has 0 aliphatic rings. The van der Waals surface area contributed by atoms with Crippen LogP contribution in [-0.4, -0.2) is 40.0 Å². The Morgan fingerprint density at radius 1 is 1.25 bits per heavy atom. The van der Waals surface area contributed by atoms with Crippen LogP contribution in [0.3, 0.4) is 0 Å². The van der Waals surface area contributed by atoms with Gasteiger partial charge in [0.15, 0.2) is 0 Å². The predicted molar refractivity (Wildman–Crippen MR) is 88.8 cm³/mol. The number of nitrogens with zero attached hydrogens (tertiary/aromatic N) is 2. The first-order chi connectivity index (χ1) is 11.6. The number of ether oxygens (including phenoxy) is 1. The lowest BCUT2D eigenvalue weighted by Gasteiger charge is -2.20. The van der Waals surface area contributed by atoms with Crippen molar-refractivity contribution in [3.05, 3.63) is 59.9 Å². The second-order valence-corrected chi connectivity index (χ2v) is 5.30. The van der Waals surface area contributed by atoms with Gasteiger partial charge in [0.05, 0.1) is 0 Å². The van der Waals surface area contributed by atoms with Gasteiger partial charge in [0, 0.05) is 30.1 Å². The summed E-state index contributed by atoms with van der Waals surface area (Å²) in [6.07, 6.45) is 4.09. The summed E-state index contributed by atoms with van der Waals surface area (Å²) < 4.78 is 5.68. The molecule has 0 unspecified atom stereocenters. The fourth-order valence-electron chi connectivity index (χ4n) is 2.24. The Bertz CT molecular complexity index is 688. The van der Waals surface area contributed by atoms with Crippen LogP contribution in [0.25, 0.3) is 0 Å². The van der Waals surface area contributed by atoms with E-state index >= 15 is 0 Å². The number of hydrogen-bond donors (Lipinski definition) is 1. The maximum absolute atomic E-state index is 12.5. The Morgan fingerprint density at radius 2 is 2.08 bits per heavy atom. The van der Waals surface area contributed by atoms with E-state index in [0.29, 0.717) is 30.9 Å². The summed E-state index contributed by atoms with van der Waals surface area (Å²) in [7, 11) is 0. The number of carbonyl (C=O) groups is 2. The van der Waals surface area contributed by atoms with E-state index in [1.165, 1.54) is 4.90 Å². The van der Waals surface area contributed by atoms with Gasteiger partial charge < -0.3 is 14.7 Å². The summed E-state index contributed by atoms with van der Waals surface area (Å²) in [5.74, 6) is -0.789. The van der Waals surface area contributed by atoms with E-state index in [-0.39, 0.29) is 12.5 Å². The number of amides is 1. The average Bonchev–Trinajstić information content (AvgIpc) is 2.60. The molecule has 6 heteroatoms. The van der Waals surface area contributed by atoms with Crippen LogP contribution in [0.2, 0.25) is 0 Å². The van der Waals surface area contributed by atoms with Gasteiger partial charge in [0.2, 0.25) is 0 Å². The first-order valence-corrected chi connectivity index (χ1v) is 7.73. The zero-order chi connectivity index (χ0) is 17.4. The standard InChI is InChI=1S/C18H20N2O4/c1-2-9-20(12-17(21)22)18(23)15-6-3-7-16(10-15)24-13-14-5-4-8-19-11-14/h3-8,10-11H,2,9,12-13H2,1H3,(H,21,22). The average molecular weight is 328 g/mol. The fourth-order valence-corrected chi connectivity index (χ4v) is 2.24. The predicted octanol–water partition coefficient (Wildman–Crippen LogP) is 2.60. The third-order valence-corrected chi connectivity index (χ3v) is 3.32. The van der Waals surface area contributed by atoms with Crippen molar-refractivity contribution in [3.63, 3.8) is 0 Å². The molecule has 0 aliphatic heterocycles. The lowest BCUT2D eigenvalue weighted by molar-refractivity contribution is -0.137. The van der Waals surface area contributed by atoms with Gasteiger partial charge in [-0.05, 0) is 30.7 Å². The normalized spacial score (nSPS) is 10.2. The summed E-state index contributed by atoms with van der Waals surface area (Å²) >= 11 is 0. The second-order valence-electron chi connectivity index (χ2n) is 5.30. The zero-order valence-corrected chi connectivity index (χ0v) is 13.5. The highest BCUT2D eigenvalue weighted by Gasteiger charge is 2.18. The maximum Gasteiger partial charge on any atom is 0.323 e. The molecule has 1 N–H and O–H groups in total. The third-order valence-electron chi connectivity index (χ3n) is 3.32. The molecule has 0 fully saturated rings. The Morgan fingerprint density at radius 3 is 2.75 bits per heavy atom. The third kappa shape index (κ3) is 5.08. The molecule has 0 saturated carbocycles. The minimum absolute atomic E-state index is 0.312. The molecule has 0 atom stereocenters. The van der Waals surface area contributed by atoms with Crippen molar-refractivity contribution in [2.24, 2.45) is 0 Å². The molecule has 1 aromatic heterocycles. The van der Waals surface area contributed by atoms with E-state index in [0.717, 1.165) is 5.56 Å². The van der Waals surface area contributed by atoms with Gasteiger partial charge in [0.1, 0.15) is 18.9 Å². The minimum Gasteiger partial charge on any atom is -0.489 e. The Balaban J connectivity index is 2.07. The van der Waals surface area contributed by atoms with Crippen molar-refractivity contribution in [2.45, 2.75) is 20.0 Å². The quantitative estimate of drug-likeness (QED) is 0.806. The first-order valence-electron chi connectivity index (χ1n) is 7.73. The molecule has 1 heterocycles. The smallest absolute Gasteiger partial charge is 0.323 e. The zero-order valence-electron chi connectivity index (χ0n) is 13.5. The van der Waals surface area contributed by atoms with Gasteiger partial charge in [-0.15, -0.1) is 0 Å². The largest absolute Gasteiger partial charge is 0.489 e. The number of carboxylic acids is 1. The number of rotatable bonds is 8. The van der Waals surface area contributed by atoms with E-state index in [2.05, 4.69) is 4.98 Å². The van der Waals surface area contributed by atoms with E-state index < -0.39 is 5.97 Å². The molecule has 0 aliphatic carbocycles. The van der Waals surface area contributed by atoms with Crippen LogP contribution in [0.5, 0.6) is 5.75 Å². The van der Waals surface area contributed by atoms with Crippen LogP contribution >= 0.6 is 0 Å². The number of aliphatic carboxylic acids is 1. The fraction of sp³-hybridized carbons (Fsp3) is 0.278. The summed E-state index contributed by atoms with van der Waals surface area (Å²) in [5, 5.41) is 8.95. The molecule has 0 spiro atoms. The number of pyridine rings is 1. The molecule has 24 heavy (non-hydrogen) atoms. The number of carbonyl (C=O) groups excluding carboxylic acids is 1. The van der Waals surface area contributed by atoms with Crippen LogP contribution in [-0.2, 0) is 11.4 Å². The van der Waals surface area contributed by atoms with Gasteiger partial charge >= 0.3 is 5.97 Å². The Hall–Kier alpha value is -2.89. The molecule has 0 radical (unpaired) electrons. The highest BCUT2D eigenvalue weighted by Crippen LogP contribution is 2.16. The molecule has 1 aromatic carbocycles. The van der Waals surface area contributed by atoms with Crippen molar-refractivity contribution in [2.75, 3.05) is 13.1 Å². The summed E-state index contributed by atoms with van der Waals surface area (Å²) in [5.41, 5.74) is 1.33. The van der Waals surface area contributed by atoms with Crippen LogP contribution in [0.1, 0.15) is 29.3 Å². The SMILES string of the molecule is CCCN(CC(=O)O)C(=O)c1cccc(OCc2cccnc2)c1. The number of aromatic nitrogens is 1. The molecule has 126 valence electrons. The minimum atomic E-state index is -1.03. The van der Waals surface area contributed by atoms with Gasteiger partial charge in [-0.2, -0.15) is 0 Å². The molecule has 1 amide bonds. The lowest BCUT2D eigenvalue weighted by atomic mass is 10.2. The molecule has 2 rings (SSSR count). The number of carboxylic acid groups (broad SMARTS) is 1. The van der Waals surface area contributed by atoms with Crippen molar-refractivity contribution < 1.29 is 19.4 Å². The van der Waals surface area contributed by atoms with Crippen LogP contribution in [0.15, 0.2) is 48.8 Å². The van der Waals surface area contributed by atoms with E-state index in [1.54, 1.807) is 36.7 Å². The highest BCUT2D eigenvalue weighted by molar-refractivity contribution is 5.96. The highest BCUT2D eigenvalue weighted by atomic mass is 16.5. The molecule has 2 aromatic rings. The van der Waals surface area contributed by atoms with Gasteiger partial charge in [-0.3, -0.25) is 14.6 Å². The van der Waals surface area contributed by atoms with Crippen molar-refractivity contribution in [1.29, 1.82) is 0 Å². The number of hydrogen-bond acceptors (Lipinski definition) is 4. The molecular formula is C18H20N2O4. The maximum atomic E-state index is 12.5. The van der Waals surface area contributed by atoms with E-state index in [4.69, 9.17) is 9.84 Å². The van der Waals surface area contributed by atoms with E-state index in [1.807, 2.05) is 19.1 Å². The molecular weight excluding hydrogens is 308 g/mol. The van der Waals surface area contributed by atoms with Crippen molar-refractivity contribution in [3.8, 4) is 5.75 Å². The van der Waals surface area contributed by atoms with Crippen molar-refractivity contribution in [1.82, 2.24) is 9.88 Å². The molecule has 0 saturated heterocycles. The monoisotopic (exact) mass is 328 g/mol.